The van der Waals surface area contributed by atoms with Crippen molar-refractivity contribution in [2.45, 2.75) is 11.8 Å². The Kier molecular flexibility index (Phi) is 5.94. The van der Waals surface area contributed by atoms with Crippen molar-refractivity contribution in [2.75, 3.05) is 31.3 Å². The van der Waals surface area contributed by atoms with Crippen LogP contribution in [-0.2, 0) is 14.8 Å². The second-order valence-corrected chi connectivity index (χ2v) is 7.91. The van der Waals surface area contributed by atoms with Gasteiger partial charge in [-0.1, -0.05) is 6.07 Å². The molecule has 2 aromatic carbocycles. The summed E-state index contributed by atoms with van der Waals surface area (Å²) in [4.78, 5) is 12.0. The van der Waals surface area contributed by atoms with Crippen molar-refractivity contribution in [2.24, 2.45) is 0 Å². The fourth-order valence-electron chi connectivity index (χ4n) is 2.15. The summed E-state index contributed by atoms with van der Waals surface area (Å²) in [6.45, 7) is 1.45. The molecule has 0 fully saturated rings. The third kappa shape index (κ3) is 4.55. The van der Waals surface area contributed by atoms with Crippen LogP contribution in [0.3, 0.4) is 0 Å². The molecule has 6 nitrogen and oxygen atoms in total. The van der Waals surface area contributed by atoms with Gasteiger partial charge in [-0.25, -0.2) is 21.5 Å². The molecule has 0 spiro atoms. The molecule has 2 rings (SSSR count). The van der Waals surface area contributed by atoms with Gasteiger partial charge < -0.3 is 10.6 Å². The van der Waals surface area contributed by atoms with Crippen LogP contribution in [0.25, 0.3) is 0 Å². The van der Waals surface area contributed by atoms with Crippen LogP contribution in [-0.4, -0.2) is 39.3 Å². The summed E-state index contributed by atoms with van der Waals surface area (Å²) >= 11 is 0. The molecule has 0 heterocycles. The molecule has 1 amide bonds. The molecule has 2 N–H and O–H groups in total. The number of carbonyl (C=O) groups is 1. The molecule has 0 aliphatic rings. The molecular weight excluding hydrogens is 364 g/mol. The molecule has 0 aromatic heterocycles. The Hall–Kier alpha value is -2.52. The zero-order valence-corrected chi connectivity index (χ0v) is 15.3. The Labute approximate surface area is 150 Å². The molecular formula is C17H19F2N3O3S. The summed E-state index contributed by atoms with van der Waals surface area (Å²) in [5, 5.41) is 5.10. The molecule has 0 bridgehead atoms. The Morgan fingerprint density at radius 1 is 1.12 bits per heavy atom. The van der Waals surface area contributed by atoms with Gasteiger partial charge in [0.1, 0.15) is 11.6 Å². The lowest BCUT2D eigenvalue weighted by Crippen LogP contribution is -2.24. The molecule has 26 heavy (non-hydrogen) atoms. The van der Waals surface area contributed by atoms with E-state index in [1.54, 1.807) is 19.1 Å². The fourth-order valence-corrected chi connectivity index (χ4v) is 3.30. The van der Waals surface area contributed by atoms with E-state index >= 15 is 0 Å². The van der Waals surface area contributed by atoms with E-state index in [9.17, 15) is 22.0 Å². The minimum absolute atomic E-state index is 0.123. The standard InChI is InChI=1S/C17H19F2N3O3S/c1-11-4-6-13(9-16(11)26(24,25)22(2)3)20-10-17(23)21-15-7-5-12(18)8-14(15)19/h4-9,20H,10H2,1-3H3,(H,21,23). The van der Waals surface area contributed by atoms with Crippen LogP contribution in [0, 0.1) is 18.6 Å². The topological polar surface area (TPSA) is 78.5 Å². The average molecular weight is 383 g/mol. The monoisotopic (exact) mass is 383 g/mol. The SMILES string of the molecule is Cc1ccc(NCC(=O)Nc2ccc(F)cc2F)cc1S(=O)(=O)N(C)C. The van der Waals surface area contributed by atoms with Gasteiger partial charge in [0.05, 0.1) is 17.1 Å². The van der Waals surface area contributed by atoms with Crippen LogP contribution in [0.1, 0.15) is 5.56 Å². The molecule has 9 heteroatoms. The summed E-state index contributed by atoms with van der Waals surface area (Å²) in [5.74, 6) is -2.19. The van der Waals surface area contributed by atoms with Gasteiger partial charge in [-0.3, -0.25) is 4.79 Å². The highest BCUT2D eigenvalue weighted by molar-refractivity contribution is 7.89. The van der Waals surface area contributed by atoms with Crippen molar-refractivity contribution >= 4 is 27.3 Å². The summed E-state index contributed by atoms with van der Waals surface area (Å²) in [5.41, 5.74) is 0.853. The normalized spacial score (nSPS) is 11.5. The van der Waals surface area contributed by atoms with E-state index in [1.807, 2.05) is 0 Å². The van der Waals surface area contributed by atoms with Crippen LogP contribution >= 0.6 is 0 Å². The molecule has 0 aliphatic carbocycles. The first-order valence-corrected chi connectivity index (χ1v) is 9.07. The zero-order valence-electron chi connectivity index (χ0n) is 14.5. The number of carbonyl (C=O) groups excluding carboxylic acids is 1. The van der Waals surface area contributed by atoms with Crippen molar-refractivity contribution in [1.29, 1.82) is 0 Å². The molecule has 0 unspecified atom stereocenters. The maximum absolute atomic E-state index is 13.5. The minimum atomic E-state index is -3.62. The Balaban J connectivity index is 2.09. The van der Waals surface area contributed by atoms with Gasteiger partial charge in [-0.2, -0.15) is 0 Å². The quantitative estimate of drug-likeness (QED) is 0.804. The predicted octanol–water partition coefficient (Wildman–Crippen LogP) is 2.57. The molecule has 0 aliphatic heterocycles. The summed E-state index contributed by atoms with van der Waals surface area (Å²) < 4.78 is 52.1. The lowest BCUT2D eigenvalue weighted by atomic mass is 10.2. The number of halogens is 2. The highest BCUT2D eigenvalue weighted by Gasteiger charge is 2.20. The Bertz CT molecular complexity index is 931. The molecule has 0 atom stereocenters. The first kappa shape index (κ1) is 19.8. The number of rotatable bonds is 6. The first-order chi connectivity index (χ1) is 12.1. The van der Waals surface area contributed by atoms with Gasteiger partial charge in [0, 0.05) is 25.8 Å². The van der Waals surface area contributed by atoms with Crippen LogP contribution in [0.4, 0.5) is 20.2 Å². The summed E-state index contributed by atoms with van der Waals surface area (Å²) in [6, 6.07) is 7.50. The van der Waals surface area contributed by atoms with Crippen molar-refractivity contribution < 1.29 is 22.0 Å². The van der Waals surface area contributed by atoms with E-state index in [2.05, 4.69) is 10.6 Å². The Morgan fingerprint density at radius 3 is 2.42 bits per heavy atom. The van der Waals surface area contributed by atoms with Gasteiger partial charge in [0.25, 0.3) is 0 Å². The fraction of sp³-hybridized carbons (Fsp3) is 0.235. The maximum Gasteiger partial charge on any atom is 0.243 e. The largest absolute Gasteiger partial charge is 0.376 e. The second-order valence-electron chi connectivity index (χ2n) is 5.79. The smallest absolute Gasteiger partial charge is 0.243 e. The van der Waals surface area contributed by atoms with Gasteiger partial charge in [0.2, 0.25) is 15.9 Å². The number of aryl methyl sites for hydroxylation is 1. The van der Waals surface area contributed by atoms with E-state index in [4.69, 9.17) is 0 Å². The minimum Gasteiger partial charge on any atom is -0.376 e. The maximum atomic E-state index is 13.5. The third-order valence-electron chi connectivity index (χ3n) is 3.61. The third-order valence-corrected chi connectivity index (χ3v) is 5.56. The van der Waals surface area contributed by atoms with E-state index in [0.29, 0.717) is 17.3 Å². The number of hydrogen-bond donors (Lipinski definition) is 2. The van der Waals surface area contributed by atoms with Crippen molar-refractivity contribution in [1.82, 2.24) is 4.31 Å². The highest BCUT2D eigenvalue weighted by Crippen LogP contribution is 2.22. The number of amides is 1. The van der Waals surface area contributed by atoms with Crippen LogP contribution < -0.4 is 10.6 Å². The zero-order chi connectivity index (χ0) is 19.5. The van der Waals surface area contributed by atoms with E-state index in [1.165, 1.54) is 20.2 Å². The van der Waals surface area contributed by atoms with E-state index in [0.717, 1.165) is 16.4 Å². The van der Waals surface area contributed by atoms with Crippen LogP contribution in [0.15, 0.2) is 41.3 Å². The highest BCUT2D eigenvalue weighted by atomic mass is 32.2. The van der Waals surface area contributed by atoms with Gasteiger partial charge >= 0.3 is 0 Å². The number of sulfonamides is 1. The number of hydrogen-bond acceptors (Lipinski definition) is 4. The Morgan fingerprint density at radius 2 is 1.81 bits per heavy atom. The molecule has 0 saturated carbocycles. The lowest BCUT2D eigenvalue weighted by Gasteiger charge is -2.15. The van der Waals surface area contributed by atoms with Crippen molar-refractivity contribution in [3.63, 3.8) is 0 Å². The predicted molar refractivity (Wildman–Crippen MR) is 95.5 cm³/mol. The van der Waals surface area contributed by atoms with Crippen molar-refractivity contribution in [3.05, 3.63) is 53.6 Å². The van der Waals surface area contributed by atoms with Gasteiger partial charge in [-0.15, -0.1) is 0 Å². The van der Waals surface area contributed by atoms with E-state index in [-0.39, 0.29) is 17.1 Å². The summed E-state index contributed by atoms with van der Waals surface area (Å²) in [7, 11) is -0.759. The van der Waals surface area contributed by atoms with Crippen LogP contribution in [0.5, 0.6) is 0 Å². The second kappa shape index (κ2) is 7.79. The van der Waals surface area contributed by atoms with Gasteiger partial charge in [-0.05, 0) is 36.8 Å². The molecule has 2 aromatic rings. The number of anilines is 2. The molecule has 0 radical (unpaired) electrons. The molecule has 0 saturated heterocycles. The van der Waals surface area contributed by atoms with Crippen LogP contribution in [0.2, 0.25) is 0 Å². The first-order valence-electron chi connectivity index (χ1n) is 7.63. The van der Waals surface area contributed by atoms with E-state index < -0.39 is 27.6 Å². The average Bonchev–Trinajstić information content (AvgIpc) is 2.56. The molecule has 140 valence electrons. The number of nitrogens with one attached hydrogen (secondary N) is 2. The lowest BCUT2D eigenvalue weighted by molar-refractivity contribution is -0.114. The van der Waals surface area contributed by atoms with Gasteiger partial charge in [0.15, 0.2) is 0 Å². The number of benzene rings is 2. The number of nitrogens with zero attached hydrogens (tertiary/aromatic N) is 1. The van der Waals surface area contributed by atoms with Crippen molar-refractivity contribution in [3.8, 4) is 0 Å². The summed E-state index contributed by atoms with van der Waals surface area (Å²) in [6.07, 6.45) is 0.